The van der Waals surface area contributed by atoms with E-state index in [2.05, 4.69) is 0 Å². The number of nitrogens with two attached hydrogens (primary N) is 1. The van der Waals surface area contributed by atoms with Gasteiger partial charge in [0.15, 0.2) is 11.5 Å². The molecule has 17 heavy (non-hydrogen) atoms. The van der Waals surface area contributed by atoms with Crippen LogP contribution in [0.5, 0.6) is 11.5 Å². The van der Waals surface area contributed by atoms with Crippen molar-refractivity contribution < 1.29 is 18.3 Å². The molecule has 5 heteroatoms. The molecule has 0 aliphatic carbocycles. The quantitative estimate of drug-likeness (QED) is 0.887. The third kappa shape index (κ3) is 1.84. The summed E-state index contributed by atoms with van der Waals surface area (Å²) in [5.41, 5.74) is 4.00. The number of benzene rings is 1. The minimum Gasteiger partial charge on any atom is -0.454 e. The summed E-state index contributed by atoms with van der Waals surface area (Å²) in [7, 11) is 0. The van der Waals surface area contributed by atoms with E-state index in [9.17, 15) is 8.78 Å². The predicted molar refractivity (Wildman–Crippen MR) is 59.3 cm³/mol. The maximum atomic E-state index is 14.2. The highest BCUT2D eigenvalue weighted by molar-refractivity contribution is 5.46. The Morgan fingerprint density at radius 2 is 1.88 bits per heavy atom. The number of alkyl halides is 2. The molecule has 0 amide bonds. The second-order valence-corrected chi connectivity index (χ2v) is 4.73. The Kier molecular flexibility index (Phi) is 2.73. The summed E-state index contributed by atoms with van der Waals surface area (Å²) in [5, 5.41) is 0. The lowest BCUT2D eigenvalue weighted by molar-refractivity contribution is -0.108. The van der Waals surface area contributed by atoms with E-state index in [0.29, 0.717) is 11.5 Å². The Balaban J connectivity index is 2.40. The van der Waals surface area contributed by atoms with Gasteiger partial charge in [0.1, 0.15) is 0 Å². The molecule has 1 aliphatic heterocycles. The van der Waals surface area contributed by atoms with E-state index >= 15 is 0 Å². The van der Waals surface area contributed by atoms with Crippen molar-refractivity contribution in [3.8, 4) is 11.5 Å². The first-order valence-corrected chi connectivity index (χ1v) is 5.36. The molecule has 0 unspecified atom stereocenters. The Labute approximate surface area is 98.5 Å². The van der Waals surface area contributed by atoms with E-state index in [4.69, 9.17) is 15.2 Å². The van der Waals surface area contributed by atoms with Gasteiger partial charge in [0.25, 0.3) is 5.92 Å². The standard InChI is InChI=1S/C12H15F2NO2/c1-11(2,6-15)12(13,14)8-3-4-9-10(5-8)17-7-16-9/h3-5H,6-7,15H2,1-2H3. The van der Waals surface area contributed by atoms with Gasteiger partial charge in [0.2, 0.25) is 6.79 Å². The minimum absolute atomic E-state index is 0.0740. The van der Waals surface area contributed by atoms with Crippen LogP contribution in [0.1, 0.15) is 19.4 Å². The maximum Gasteiger partial charge on any atom is 0.279 e. The van der Waals surface area contributed by atoms with Crippen LogP contribution >= 0.6 is 0 Å². The van der Waals surface area contributed by atoms with Gasteiger partial charge in [-0.05, 0) is 18.2 Å². The van der Waals surface area contributed by atoms with E-state index in [1.165, 1.54) is 32.0 Å². The average molecular weight is 243 g/mol. The molecule has 0 saturated heterocycles. The fourth-order valence-electron chi connectivity index (χ4n) is 1.61. The molecule has 3 nitrogen and oxygen atoms in total. The average Bonchev–Trinajstić information content (AvgIpc) is 2.75. The number of rotatable bonds is 3. The highest BCUT2D eigenvalue weighted by atomic mass is 19.3. The van der Waals surface area contributed by atoms with Crippen LogP contribution < -0.4 is 15.2 Å². The molecule has 0 atom stereocenters. The van der Waals surface area contributed by atoms with Crippen molar-refractivity contribution in [2.75, 3.05) is 13.3 Å². The normalized spacial score (nSPS) is 15.1. The first-order chi connectivity index (χ1) is 7.88. The zero-order valence-corrected chi connectivity index (χ0v) is 9.80. The van der Waals surface area contributed by atoms with Crippen LogP contribution in [-0.4, -0.2) is 13.3 Å². The SMILES string of the molecule is CC(C)(CN)C(F)(F)c1ccc2c(c1)OCO2. The van der Waals surface area contributed by atoms with Gasteiger partial charge in [0.05, 0.1) is 0 Å². The molecule has 1 aliphatic rings. The maximum absolute atomic E-state index is 14.2. The van der Waals surface area contributed by atoms with E-state index < -0.39 is 11.3 Å². The molecule has 94 valence electrons. The summed E-state index contributed by atoms with van der Waals surface area (Å²) < 4.78 is 38.6. The third-order valence-corrected chi connectivity index (χ3v) is 3.10. The Morgan fingerprint density at radius 1 is 1.24 bits per heavy atom. The summed E-state index contributed by atoms with van der Waals surface area (Å²) in [6.45, 7) is 2.86. The first-order valence-electron chi connectivity index (χ1n) is 5.36. The van der Waals surface area contributed by atoms with Crippen LogP contribution in [0.2, 0.25) is 0 Å². The molecule has 2 rings (SSSR count). The second kappa shape index (κ2) is 3.84. The molecule has 1 aromatic carbocycles. The summed E-state index contributed by atoms with van der Waals surface area (Å²) >= 11 is 0. The molecule has 1 aromatic rings. The molecule has 0 spiro atoms. The highest BCUT2D eigenvalue weighted by Gasteiger charge is 2.47. The van der Waals surface area contributed by atoms with Gasteiger partial charge in [-0.2, -0.15) is 0 Å². The minimum atomic E-state index is -3.01. The predicted octanol–water partition coefficient (Wildman–Crippen LogP) is 2.49. The Morgan fingerprint density at radius 3 is 2.53 bits per heavy atom. The molecule has 0 aromatic heterocycles. The molecule has 0 radical (unpaired) electrons. The molecular weight excluding hydrogens is 228 g/mol. The van der Waals surface area contributed by atoms with Crippen molar-refractivity contribution in [1.29, 1.82) is 0 Å². The van der Waals surface area contributed by atoms with Crippen LogP contribution in [0.15, 0.2) is 18.2 Å². The molecular formula is C12H15F2NO2. The van der Waals surface area contributed by atoms with Crippen molar-refractivity contribution in [2.45, 2.75) is 19.8 Å². The molecule has 0 saturated carbocycles. The lowest BCUT2D eigenvalue weighted by atomic mass is 9.81. The van der Waals surface area contributed by atoms with Crippen molar-refractivity contribution in [1.82, 2.24) is 0 Å². The smallest absolute Gasteiger partial charge is 0.279 e. The van der Waals surface area contributed by atoms with Crippen LogP contribution in [0.3, 0.4) is 0 Å². The van der Waals surface area contributed by atoms with Crippen LogP contribution in [0, 0.1) is 5.41 Å². The van der Waals surface area contributed by atoms with E-state index in [1.807, 2.05) is 0 Å². The molecule has 0 bridgehead atoms. The lowest BCUT2D eigenvalue weighted by Gasteiger charge is -2.33. The van der Waals surface area contributed by atoms with Crippen LogP contribution in [-0.2, 0) is 5.92 Å². The Bertz CT molecular complexity index is 433. The second-order valence-electron chi connectivity index (χ2n) is 4.73. The summed E-state index contributed by atoms with van der Waals surface area (Å²) in [6.07, 6.45) is 0. The molecule has 0 fully saturated rings. The summed E-state index contributed by atoms with van der Waals surface area (Å²) in [5.74, 6) is -2.16. The first kappa shape index (κ1) is 12.1. The monoisotopic (exact) mass is 243 g/mol. The number of hydrogen-bond donors (Lipinski definition) is 1. The fraction of sp³-hybridized carbons (Fsp3) is 0.500. The summed E-state index contributed by atoms with van der Waals surface area (Å²) in [4.78, 5) is 0. The number of hydrogen-bond acceptors (Lipinski definition) is 3. The topological polar surface area (TPSA) is 44.5 Å². The zero-order chi connectivity index (χ0) is 12.7. The number of fused-ring (bicyclic) bond motifs is 1. The largest absolute Gasteiger partial charge is 0.454 e. The van der Waals surface area contributed by atoms with Gasteiger partial charge < -0.3 is 15.2 Å². The van der Waals surface area contributed by atoms with Gasteiger partial charge in [-0.1, -0.05) is 13.8 Å². The fourth-order valence-corrected chi connectivity index (χ4v) is 1.61. The number of halogens is 2. The van der Waals surface area contributed by atoms with Gasteiger partial charge >= 0.3 is 0 Å². The van der Waals surface area contributed by atoms with Crippen LogP contribution in [0.4, 0.5) is 8.78 Å². The summed E-state index contributed by atoms with van der Waals surface area (Å²) in [6, 6.07) is 4.17. The van der Waals surface area contributed by atoms with Crippen molar-refractivity contribution in [3.63, 3.8) is 0 Å². The van der Waals surface area contributed by atoms with Gasteiger partial charge in [-0.25, -0.2) is 8.78 Å². The highest BCUT2D eigenvalue weighted by Crippen LogP contribution is 2.46. The lowest BCUT2D eigenvalue weighted by Crippen LogP contribution is -2.40. The number of ether oxygens (including phenoxy) is 2. The van der Waals surface area contributed by atoms with Crippen molar-refractivity contribution in [2.24, 2.45) is 11.1 Å². The van der Waals surface area contributed by atoms with E-state index in [0.717, 1.165) is 0 Å². The molecule has 2 N–H and O–H groups in total. The van der Waals surface area contributed by atoms with Crippen molar-refractivity contribution in [3.05, 3.63) is 23.8 Å². The Hall–Kier alpha value is -1.36. The van der Waals surface area contributed by atoms with Crippen LogP contribution in [0.25, 0.3) is 0 Å². The van der Waals surface area contributed by atoms with Gasteiger partial charge in [-0.3, -0.25) is 0 Å². The van der Waals surface area contributed by atoms with Gasteiger partial charge in [0, 0.05) is 17.5 Å². The zero-order valence-electron chi connectivity index (χ0n) is 9.80. The van der Waals surface area contributed by atoms with Crippen molar-refractivity contribution >= 4 is 0 Å². The van der Waals surface area contributed by atoms with E-state index in [-0.39, 0.29) is 18.9 Å². The van der Waals surface area contributed by atoms with Gasteiger partial charge in [-0.15, -0.1) is 0 Å². The molecule has 1 heterocycles. The third-order valence-electron chi connectivity index (χ3n) is 3.10. The van der Waals surface area contributed by atoms with E-state index in [1.54, 1.807) is 0 Å².